The fourth-order valence-electron chi connectivity index (χ4n) is 2.36. The fourth-order valence-corrected chi connectivity index (χ4v) is 2.36. The second-order valence-electron chi connectivity index (χ2n) is 5.47. The van der Waals surface area contributed by atoms with Crippen molar-refractivity contribution >= 4 is 17.3 Å². The number of benzene rings is 1. The van der Waals surface area contributed by atoms with Gasteiger partial charge in [0.15, 0.2) is 0 Å². The topological polar surface area (TPSA) is 72.3 Å². The third kappa shape index (κ3) is 3.80. The number of hydrogen-bond acceptors (Lipinski definition) is 3. The summed E-state index contributed by atoms with van der Waals surface area (Å²) in [7, 11) is 0. The van der Waals surface area contributed by atoms with Crippen LogP contribution in [0.4, 0.5) is 24.5 Å². The molecule has 21 heavy (non-hydrogen) atoms. The summed E-state index contributed by atoms with van der Waals surface area (Å²) in [6.07, 6.45) is -2.75. The van der Waals surface area contributed by atoms with E-state index in [0.29, 0.717) is 5.69 Å². The summed E-state index contributed by atoms with van der Waals surface area (Å²) in [4.78, 5) is 13.3. The van der Waals surface area contributed by atoms with Gasteiger partial charge in [-0.1, -0.05) is 0 Å². The number of halogens is 3. The minimum Gasteiger partial charge on any atom is -0.399 e. The first-order valence-corrected chi connectivity index (χ1v) is 6.72. The Morgan fingerprint density at radius 3 is 2.48 bits per heavy atom. The number of anilines is 2. The molecule has 1 fully saturated rings. The highest BCUT2D eigenvalue weighted by Gasteiger charge is 2.41. The fraction of sp³-hybridized carbons (Fsp3) is 0.500. The number of hydrogen-bond donors (Lipinski definition) is 2. The standard InChI is InChI=1S/C14H18F3N3O/c1-8(9-2-3-9)20(7-14(15,16)17)13(21)11-5-4-10(18)6-12(11)19/h4-6,8-9H,2-3,7,18-19H2,1H3. The predicted octanol–water partition coefficient (Wildman–Crippen LogP) is 2.65. The smallest absolute Gasteiger partial charge is 0.399 e. The third-order valence-electron chi connectivity index (χ3n) is 3.71. The van der Waals surface area contributed by atoms with Gasteiger partial charge in [-0.2, -0.15) is 13.2 Å². The molecule has 1 saturated carbocycles. The molecule has 0 radical (unpaired) electrons. The van der Waals surface area contributed by atoms with Crippen molar-refractivity contribution in [3.63, 3.8) is 0 Å². The molecule has 1 atom stereocenters. The zero-order chi connectivity index (χ0) is 15.8. The molecule has 0 heterocycles. The second-order valence-corrected chi connectivity index (χ2v) is 5.47. The number of carbonyl (C=O) groups excluding carboxylic acids is 1. The van der Waals surface area contributed by atoms with E-state index in [4.69, 9.17) is 11.5 Å². The molecule has 7 heteroatoms. The van der Waals surface area contributed by atoms with Gasteiger partial charge in [0, 0.05) is 17.4 Å². The summed E-state index contributed by atoms with van der Waals surface area (Å²) in [5.41, 5.74) is 11.8. The van der Waals surface area contributed by atoms with Gasteiger partial charge in [0.1, 0.15) is 6.54 Å². The van der Waals surface area contributed by atoms with E-state index >= 15 is 0 Å². The van der Waals surface area contributed by atoms with Gasteiger partial charge in [-0.15, -0.1) is 0 Å². The first kappa shape index (κ1) is 15.5. The van der Waals surface area contributed by atoms with Crippen LogP contribution in [0.1, 0.15) is 30.1 Å². The number of nitrogen functional groups attached to an aromatic ring is 2. The van der Waals surface area contributed by atoms with Crippen molar-refractivity contribution in [2.24, 2.45) is 5.92 Å². The van der Waals surface area contributed by atoms with Gasteiger partial charge in [0.2, 0.25) is 0 Å². The minimum atomic E-state index is -4.44. The average Bonchev–Trinajstić information content (AvgIpc) is 3.17. The molecule has 4 nitrogen and oxygen atoms in total. The summed E-state index contributed by atoms with van der Waals surface area (Å²) >= 11 is 0. The van der Waals surface area contributed by atoms with Gasteiger partial charge in [-0.25, -0.2) is 0 Å². The molecular weight excluding hydrogens is 283 g/mol. The molecule has 1 aromatic rings. The van der Waals surface area contributed by atoms with Crippen LogP contribution in [0.5, 0.6) is 0 Å². The van der Waals surface area contributed by atoms with Crippen molar-refractivity contribution in [1.82, 2.24) is 4.90 Å². The Balaban J connectivity index is 2.28. The normalized spacial score (nSPS) is 16.6. The van der Waals surface area contributed by atoms with Crippen molar-refractivity contribution < 1.29 is 18.0 Å². The molecule has 1 unspecified atom stereocenters. The van der Waals surface area contributed by atoms with E-state index in [9.17, 15) is 18.0 Å². The van der Waals surface area contributed by atoms with E-state index < -0.39 is 24.7 Å². The van der Waals surface area contributed by atoms with Crippen molar-refractivity contribution in [2.45, 2.75) is 32.0 Å². The Hall–Kier alpha value is -1.92. The minimum absolute atomic E-state index is 0.0564. The Morgan fingerprint density at radius 1 is 1.38 bits per heavy atom. The summed E-state index contributed by atoms with van der Waals surface area (Å²) in [6.45, 7) is 0.377. The van der Waals surface area contributed by atoms with Crippen LogP contribution in [-0.2, 0) is 0 Å². The maximum Gasteiger partial charge on any atom is 0.406 e. The van der Waals surface area contributed by atoms with Crippen molar-refractivity contribution in [3.05, 3.63) is 23.8 Å². The lowest BCUT2D eigenvalue weighted by Crippen LogP contribution is -2.45. The van der Waals surface area contributed by atoms with E-state index in [1.165, 1.54) is 18.2 Å². The molecule has 0 aliphatic heterocycles. The summed E-state index contributed by atoms with van der Waals surface area (Å²) < 4.78 is 38.2. The lowest BCUT2D eigenvalue weighted by molar-refractivity contribution is -0.144. The highest BCUT2D eigenvalue weighted by atomic mass is 19.4. The van der Waals surface area contributed by atoms with Crippen molar-refractivity contribution in [3.8, 4) is 0 Å². The van der Waals surface area contributed by atoms with Crippen LogP contribution in [0, 0.1) is 5.92 Å². The lowest BCUT2D eigenvalue weighted by Gasteiger charge is -2.30. The molecule has 116 valence electrons. The monoisotopic (exact) mass is 301 g/mol. The molecule has 1 aliphatic carbocycles. The van der Waals surface area contributed by atoms with E-state index in [-0.39, 0.29) is 17.2 Å². The second kappa shape index (κ2) is 5.46. The largest absolute Gasteiger partial charge is 0.406 e. The highest BCUT2D eigenvalue weighted by molar-refractivity contribution is 5.99. The van der Waals surface area contributed by atoms with Crippen molar-refractivity contribution in [2.75, 3.05) is 18.0 Å². The molecule has 2 rings (SSSR count). The zero-order valence-corrected chi connectivity index (χ0v) is 11.7. The van der Waals surface area contributed by atoms with Gasteiger partial charge >= 0.3 is 6.18 Å². The van der Waals surface area contributed by atoms with Gasteiger partial charge in [-0.3, -0.25) is 4.79 Å². The SMILES string of the molecule is CC(C1CC1)N(CC(F)(F)F)C(=O)c1ccc(N)cc1N. The highest BCUT2D eigenvalue weighted by Crippen LogP contribution is 2.37. The number of nitrogens with two attached hydrogens (primary N) is 2. The number of rotatable bonds is 4. The molecule has 1 aromatic carbocycles. The summed E-state index contributed by atoms with van der Waals surface area (Å²) in [5, 5.41) is 0. The Kier molecular flexibility index (Phi) is 4.02. The van der Waals surface area contributed by atoms with Gasteiger partial charge in [-0.05, 0) is 43.9 Å². The molecule has 0 bridgehead atoms. The lowest BCUT2D eigenvalue weighted by atomic mass is 10.1. The van der Waals surface area contributed by atoms with E-state index in [1.54, 1.807) is 6.92 Å². The quantitative estimate of drug-likeness (QED) is 0.840. The molecule has 4 N–H and O–H groups in total. The van der Waals surface area contributed by atoms with E-state index in [0.717, 1.165) is 17.7 Å². The first-order chi connectivity index (χ1) is 9.69. The number of nitrogens with zero attached hydrogens (tertiary/aromatic N) is 1. The number of alkyl halides is 3. The van der Waals surface area contributed by atoms with Crippen LogP contribution in [-0.4, -0.2) is 29.6 Å². The number of carbonyl (C=O) groups is 1. The van der Waals surface area contributed by atoms with Crippen LogP contribution >= 0.6 is 0 Å². The van der Waals surface area contributed by atoms with Crippen LogP contribution < -0.4 is 11.5 Å². The van der Waals surface area contributed by atoms with Crippen LogP contribution in [0.25, 0.3) is 0 Å². The van der Waals surface area contributed by atoms with Crippen LogP contribution in [0.2, 0.25) is 0 Å². The molecule has 1 aliphatic rings. The van der Waals surface area contributed by atoms with Gasteiger partial charge in [0.25, 0.3) is 5.91 Å². The summed E-state index contributed by atoms with van der Waals surface area (Å²) in [5.74, 6) is -0.574. The van der Waals surface area contributed by atoms with Gasteiger partial charge in [0.05, 0.1) is 5.56 Å². The predicted molar refractivity (Wildman–Crippen MR) is 74.5 cm³/mol. The third-order valence-corrected chi connectivity index (χ3v) is 3.71. The molecule has 0 saturated heterocycles. The Labute approximate surface area is 120 Å². The van der Waals surface area contributed by atoms with Gasteiger partial charge < -0.3 is 16.4 Å². The maximum atomic E-state index is 12.7. The van der Waals surface area contributed by atoms with Crippen LogP contribution in [0.15, 0.2) is 18.2 Å². The molecule has 0 aromatic heterocycles. The molecule has 0 spiro atoms. The Morgan fingerprint density at radius 2 is 2.00 bits per heavy atom. The number of amides is 1. The molecule has 1 amide bonds. The summed E-state index contributed by atoms with van der Waals surface area (Å²) in [6, 6.07) is 3.74. The molecular formula is C14H18F3N3O. The zero-order valence-electron chi connectivity index (χ0n) is 11.7. The first-order valence-electron chi connectivity index (χ1n) is 6.72. The van der Waals surface area contributed by atoms with E-state index in [1.807, 2.05) is 0 Å². The van der Waals surface area contributed by atoms with Crippen molar-refractivity contribution in [1.29, 1.82) is 0 Å². The van der Waals surface area contributed by atoms with Crippen LogP contribution in [0.3, 0.4) is 0 Å². The average molecular weight is 301 g/mol. The van der Waals surface area contributed by atoms with E-state index in [2.05, 4.69) is 0 Å². The Bertz CT molecular complexity index is 541. The maximum absolute atomic E-state index is 12.7.